The van der Waals surface area contributed by atoms with E-state index in [0.29, 0.717) is 13.3 Å². The third kappa shape index (κ3) is 4.99. The highest BCUT2D eigenvalue weighted by molar-refractivity contribution is 7.99. The van der Waals surface area contributed by atoms with Gasteiger partial charge in [-0.05, 0) is 48.2 Å². The van der Waals surface area contributed by atoms with E-state index in [1.165, 1.54) is 11.1 Å². The Hall–Kier alpha value is -3.42. The molecule has 1 aliphatic heterocycles. The third-order valence-electron chi connectivity index (χ3n) is 5.52. The molecule has 33 heavy (non-hydrogen) atoms. The van der Waals surface area contributed by atoms with Crippen molar-refractivity contribution in [2.24, 2.45) is 0 Å². The molecule has 0 saturated carbocycles. The smallest absolute Gasteiger partial charge is 0.168 e. The number of ether oxygens (including phenoxy) is 1. The molecule has 0 fully saturated rings. The molecule has 2 aromatic heterocycles. The van der Waals surface area contributed by atoms with Crippen LogP contribution in [0.5, 0.6) is 0 Å². The highest BCUT2D eigenvalue weighted by Gasteiger charge is 2.25. The molecule has 0 spiro atoms. The Morgan fingerprint density at radius 2 is 1.79 bits per heavy atom. The summed E-state index contributed by atoms with van der Waals surface area (Å²) < 4.78 is 5.45. The average Bonchev–Trinajstić information content (AvgIpc) is 2.87. The Morgan fingerprint density at radius 1 is 0.909 bits per heavy atom. The van der Waals surface area contributed by atoms with Crippen LogP contribution < -0.4 is 10.2 Å². The SMILES string of the molecule is COCN1c2cc(CNc3ccc(CCc4ccccc4)nc3)ccc2Sc2nccnc21. The van der Waals surface area contributed by atoms with Crippen molar-refractivity contribution in [3.05, 3.63) is 96.1 Å². The lowest BCUT2D eigenvalue weighted by molar-refractivity contribution is 0.204. The number of aromatic nitrogens is 3. The van der Waals surface area contributed by atoms with Crippen molar-refractivity contribution in [1.82, 2.24) is 15.0 Å². The van der Waals surface area contributed by atoms with E-state index in [2.05, 4.69) is 79.8 Å². The lowest BCUT2D eigenvalue weighted by atomic mass is 10.1. The number of nitrogens with one attached hydrogen (secondary N) is 1. The molecule has 5 rings (SSSR count). The number of aryl methyl sites for hydroxylation is 2. The normalized spacial score (nSPS) is 12.2. The minimum atomic E-state index is 0.421. The van der Waals surface area contributed by atoms with Crippen molar-refractivity contribution in [2.75, 3.05) is 24.1 Å². The summed E-state index contributed by atoms with van der Waals surface area (Å²) in [4.78, 5) is 16.8. The number of rotatable bonds is 8. The first-order valence-corrected chi connectivity index (χ1v) is 11.7. The molecule has 4 aromatic rings. The number of anilines is 3. The summed E-state index contributed by atoms with van der Waals surface area (Å²) in [5, 5.41) is 4.38. The van der Waals surface area contributed by atoms with Gasteiger partial charge >= 0.3 is 0 Å². The lowest BCUT2D eigenvalue weighted by Crippen LogP contribution is -2.24. The number of pyridine rings is 1. The predicted molar refractivity (Wildman–Crippen MR) is 132 cm³/mol. The van der Waals surface area contributed by atoms with Gasteiger partial charge in [0.1, 0.15) is 11.8 Å². The summed E-state index contributed by atoms with van der Waals surface area (Å²) in [5.74, 6) is 0.831. The number of benzene rings is 2. The highest BCUT2D eigenvalue weighted by atomic mass is 32.2. The zero-order chi connectivity index (χ0) is 22.5. The van der Waals surface area contributed by atoms with Gasteiger partial charge in [-0.25, -0.2) is 9.97 Å². The maximum absolute atomic E-state index is 5.45. The summed E-state index contributed by atoms with van der Waals surface area (Å²) in [6, 6.07) is 21.2. The maximum atomic E-state index is 5.45. The Balaban J connectivity index is 1.24. The standard InChI is InChI=1S/C26H25N5OS/c1-32-18-31-23-15-20(8-12-24(23)33-26-25(31)27-13-14-28-26)16-29-22-11-10-21(30-17-22)9-7-19-5-3-2-4-6-19/h2-6,8,10-15,17,29H,7,9,16,18H2,1H3. The van der Waals surface area contributed by atoms with Crippen LogP contribution in [0, 0.1) is 0 Å². The molecule has 0 atom stereocenters. The van der Waals surface area contributed by atoms with Crippen LogP contribution in [0.2, 0.25) is 0 Å². The van der Waals surface area contributed by atoms with Crippen LogP contribution in [0.25, 0.3) is 0 Å². The molecule has 0 amide bonds. The largest absolute Gasteiger partial charge is 0.380 e. The second kappa shape index (κ2) is 10.0. The minimum absolute atomic E-state index is 0.421. The average molecular weight is 456 g/mol. The van der Waals surface area contributed by atoms with Gasteiger partial charge in [0.15, 0.2) is 5.82 Å². The Labute approximate surface area is 198 Å². The van der Waals surface area contributed by atoms with Crippen molar-refractivity contribution < 1.29 is 4.74 Å². The quantitative estimate of drug-likeness (QED) is 0.378. The molecule has 2 aromatic carbocycles. The first kappa shape index (κ1) is 21.4. The van der Waals surface area contributed by atoms with Gasteiger partial charge in [-0.15, -0.1) is 0 Å². The van der Waals surface area contributed by atoms with E-state index >= 15 is 0 Å². The van der Waals surface area contributed by atoms with Crippen LogP contribution >= 0.6 is 11.8 Å². The molecule has 0 unspecified atom stereocenters. The molecule has 166 valence electrons. The van der Waals surface area contributed by atoms with E-state index in [9.17, 15) is 0 Å². The fourth-order valence-corrected chi connectivity index (χ4v) is 4.81. The summed E-state index contributed by atoms with van der Waals surface area (Å²) in [6.45, 7) is 1.13. The van der Waals surface area contributed by atoms with Crippen molar-refractivity contribution in [3.63, 3.8) is 0 Å². The first-order valence-electron chi connectivity index (χ1n) is 10.9. The summed E-state index contributed by atoms with van der Waals surface area (Å²) in [6.07, 6.45) is 7.29. The van der Waals surface area contributed by atoms with Gasteiger partial charge in [0.25, 0.3) is 0 Å². The van der Waals surface area contributed by atoms with E-state index in [1.807, 2.05) is 12.3 Å². The number of nitrogens with zero attached hydrogens (tertiary/aromatic N) is 4. The van der Waals surface area contributed by atoms with Crippen LogP contribution in [0.15, 0.2) is 89.2 Å². The van der Waals surface area contributed by atoms with E-state index < -0.39 is 0 Å². The molecular weight excluding hydrogens is 430 g/mol. The van der Waals surface area contributed by atoms with Crippen molar-refractivity contribution in [2.45, 2.75) is 29.3 Å². The molecule has 6 nitrogen and oxygen atoms in total. The lowest BCUT2D eigenvalue weighted by Gasteiger charge is -2.30. The summed E-state index contributed by atoms with van der Waals surface area (Å²) >= 11 is 1.64. The van der Waals surface area contributed by atoms with Crippen LogP contribution in [0.3, 0.4) is 0 Å². The van der Waals surface area contributed by atoms with Gasteiger partial charge in [-0.3, -0.25) is 9.88 Å². The van der Waals surface area contributed by atoms with Gasteiger partial charge in [0.2, 0.25) is 0 Å². The Morgan fingerprint density at radius 3 is 2.61 bits per heavy atom. The fourth-order valence-electron chi connectivity index (χ4n) is 3.82. The van der Waals surface area contributed by atoms with E-state index in [4.69, 9.17) is 4.74 Å². The van der Waals surface area contributed by atoms with Crippen molar-refractivity contribution >= 4 is 29.0 Å². The molecule has 0 aliphatic carbocycles. The van der Waals surface area contributed by atoms with Gasteiger partial charge in [-0.2, -0.15) is 0 Å². The Kier molecular flexibility index (Phi) is 6.51. The van der Waals surface area contributed by atoms with Crippen LogP contribution in [-0.4, -0.2) is 28.8 Å². The van der Waals surface area contributed by atoms with E-state index in [0.717, 1.165) is 45.6 Å². The zero-order valence-corrected chi connectivity index (χ0v) is 19.3. The predicted octanol–water partition coefficient (Wildman–Crippen LogP) is 5.48. The molecule has 3 heterocycles. The molecule has 1 aliphatic rings. The second-order valence-electron chi connectivity index (χ2n) is 7.81. The zero-order valence-electron chi connectivity index (χ0n) is 18.4. The van der Waals surface area contributed by atoms with Crippen LogP contribution in [0.1, 0.15) is 16.8 Å². The molecule has 0 bridgehead atoms. The Bertz CT molecular complexity index is 1220. The summed E-state index contributed by atoms with van der Waals surface area (Å²) in [7, 11) is 1.69. The third-order valence-corrected chi connectivity index (χ3v) is 6.56. The number of methoxy groups -OCH3 is 1. The first-order chi connectivity index (χ1) is 16.3. The number of hydrogen-bond acceptors (Lipinski definition) is 7. The van der Waals surface area contributed by atoms with Gasteiger partial charge in [0.05, 0.1) is 17.6 Å². The molecular formula is C26H25N5OS. The summed E-state index contributed by atoms with van der Waals surface area (Å²) in [5.41, 5.74) is 5.71. The highest BCUT2D eigenvalue weighted by Crippen LogP contribution is 2.46. The molecule has 1 N–H and O–H groups in total. The van der Waals surface area contributed by atoms with Crippen molar-refractivity contribution in [3.8, 4) is 0 Å². The van der Waals surface area contributed by atoms with Gasteiger partial charge < -0.3 is 10.1 Å². The second-order valence-corrected chi connectivity index (χ2v) is 8.84. The van der Waals surface area contributed by atoms with Crippen molar-refractivity contribution in [1.29, 1.82) is 0 Å². The van der Waals surface area contributed by atoms with E-state index in [1.54, 1.807) is 31.3 Å². The molecule has 0 radical (unpaired) electrons. The topological polar surface area (TPSA) is 63.2 Å². The van der Waals surface area contributed by atoms with E-state index in [-0.39, 0.29) is 0 Å². The number of fused-ring (bicyclic) bond motifs is 2. The minimum Gasteiger partial charge on any atom is -0.380 e. The molecule has 0 saturated heterocycles. The number of hydrogen-bond donors (Lipinski definition) is 1. The monoisotopic (exact) mass is 455 g/mol. The fraction of sp³-hybridized carbons (Fsp3) is 0.192. The van der Waals surface area contributed by atoms with Gasteiger partial charge in [-0.1, -0.05) is 48.2 Å². The molecule has 7 heteroatoms. The van der Waals surface area contributed by atoms with Gasteiger partial charge in [0, 0.05) is 36.6 Å². The van der Waals surface area contributed by atoms with Crippen LogP contribution in [-0.2, 0) is 24.1 Å². The maximum Gasteiger partial charge on any atom is 0.168 e. The van der Waals surface area contributed by atoms with Crippen LogP contribution in [0.4, 0.5) is 17.2 Å².